The lowest BCUT2D eigenvalue weighted by molar-refractivity contribution is -0.122. The summed E-state index contributed by atoms with van der Waals surface area (Å²) in [5.41, 5.74) is 2.62. The van der Waals surface area contributed by atoms with E-state index in [2.05, 4.69) is 5.32 Å². The van der Waals surface area contributed by atoms with Gasteiger partial charge in [0.1, 0.15) is 6.04 Å². The third-order valence-electron chi connectivity index (χ3n) is 4.54. The second-order valence-corrected chi connectivity index (χ2v) is 8.35. The standard InChI is InChI=1S/C17H26N2O3S/c1-12-9-10-16(11-13(12)2)19(23(4,21)22)14(3)17(20)18-15-7-5-6-8-15/h9-11,14-15H,5-8H2,1-4H3,(H,18,20)/t14-/m0/s1. The lowest BCUT2D eigenvalue weighted by atomic mass is 10.1. The van der Waals surface area contributed by atoms with Crippen molar-refractivity contribution in [2.24, 2.45) is 0 Å². The van der Waals surface area contributed by atoms with Crippen LogP contribution in [0.1, 0.15) is 43.7 Å². The zero-order valence-electron chi connectivity index (χ0n) is 14.3. The van der Waals surface area contributed by atoms with Gasteiger partial charge >= 0.3 is 0 Å². The van der Waals surface area contributed by atoms with E-state index in [0.717, 1.165) is 43.1 Å². The molecule has 2 rings (SSSR count). The molecule has 0 spiro atoms. The number of hydrogen-bond acceptors (Lipinski definition) is 3. The van der Waals surface area contributed by atoms with Gasteiger partial charge in [0.2, 0.25) is 15.9 Å². The zero-order valence-corrected chi connectivity index (χ0v) is 15.1. The highest BCUT2D eigenvalue weighted by Gasteiger charge is 2.30. The Kier molecular flexibility index (Phi) is 5.34. The molecule has 0 saturated heterocycles. The second-order valence-electron chi connectivity index (χ2n) is 6.49. The number of anilines is 1. The largest absolute Gasteiger partial charge is 0.352 e. The third kappa shape index (κ3) is 4.25. The molecule has 1 N–H and O–H groups in total. The van der Waals surface area contributed by atoms with E-state index in [-0.39, 0.29) is 11.9 Å². The van der Waals surface area contributed by atoms with Crippen LogP contribution in [-0.2, 0) is 14.8 Å². The van der Waals surface area contributed by atoms with Crippen LogP contribution in [0.2, 0.25) is 0 Å². The van der Waals surface area contributed by atoms with Gasteiger partial charge in [0.15, 0.2) is 0 Å². The molecule has 1 aliphatic carbocycles. The van der Waals surface area contributed by atoms with Crippen molar-refractivity contribution >= 4 is 21.6 Å². The molecule has 0 aromatic heterocycles. The lowest BCUT2D eigenvalue weighted by Gasteiger charge is -2.29. The van der Waals surface area contributed by atoms with Crippen LogP contribution in [0.4, 0.5) is 5.69 Å². The van der Waals surface area contributed by atoms with Crippen LogP contribution in [-0.4, -0.2) is 32.7 Å². The van der Waals surface area contributed by atoms with Gasteiger partial charge in [-0.15, -0.1) is 0 Å². The van der Waals surface area contributed by atoms with Crippen molar-refractivity contribution < 1.29 is 13.2 Å². The third-order valence-corrected chi connectivity index (χ3v) is 5.78. The summed E-state index contributed by atoms with van der Waals surface area (Å²) in [5.74, 6) is -0.236. The minimum Gasteiger partial charge on any atom is -0.352 e. The van der Waals surface area contributed by atoms with Gasteiger partial charge in [-0.25, -0.2) is 8.42 Å². The van der Waals surface area contributed by atoms with Crippen molar-refractivity contribution in [3.05, 3.63) is 29.3 Å². The van der Waals surface area contributed by atoms with Crippen molar-refractivity contribution in [3.8, 4) is 0 Å². The first kappa shape index (κ1) is 17.8. The number of nitrogens with zero attached hydrogens (tertiary/aromatic N) is 1. The maximum absolute atomic E-state index is 12.5. The average Bonchev–Trinajstić information content (AvgIpc) is 2.94. The monoisotopic (exact) mass is 338 g/mol. The van der Waals surface area contributed by atoms with Crippen LogP contribution in [0.25, 0.3) is 0 Å². The topological polar surface area (TPSA) is 66.5 Å². The van der Waals surface area contributed by atoms with E-state index < -0.39 is 16.1 Å². The predicted molar refractivity (Wildman–Crippen MR) is 93.1 cm³/mol. The van der Waals surface area contributed by atoms with Crippen molar-refractivity contribution in [2.75, 3.05) is 10.6 Å². The van der Waals surface area contributed by atoms with Gasteiger partial charge in [-0.1, -0.05) is 18.9 Å². The highest BCUT2D eigenvalue weighted by molar-refractivity contribution is 7.92. The summed E-state index contributed by atoms with van der Waals surface area (Å²) in [4.78, 5) is 12.5. The predicted octanol–water partition coefficient (Wildman–Crippen LogP) is 2.52. The summed E-state index contributed by atoms with van der Waals surface area (Å²) in [5, 5.41) is 2.98. The maximum Gasteiger partial charge on any atom is 0.243 e. The molecule has 1 atom stereocenters. The first-order valence-electron chi connectivity index (χ1n) is 8.07. The van der Waals surface area contributed by atoms with Crippen LogP contribution >= 0.6 is 0 Å². The molecule has 128 valence electrons. The summed E-state index contributed by atoms with van der Waals surface area (Å²) in [6.45, 7) is 5.54. The van der Waals surface area contributed by atoms with E-state index >= 15 is 0 Å². The number of carbonyl (C=O) groups excluding carboxylic acids is 1. The van der Waals surface area contributed by atoms with Gasteiger partial charge in [-0.2, -0.15) is 0 Å². The normalized spacial score (nSPS) is 17.0. The second kappa shape index (κ2) is 6.91. The highest BCUT2D eigenvalue weighted by atomic mass is 32.2. The molecule has 0 heterocycles. The van der Waals surface area contributed by atoms with Crippen molar-refractivity contribution in [2.45, 2.75) is 58.5 Å². The first-order valence-corrected chi connectivity index (χ1v) is 9.92. The minimum atomic E-state index is -3.55. The van der Waals surface area contributed by atoms with Crippen LogP contribution in [0.5, 0.6) is 0 Å². The molecule has 1 aromatic carbocycles. The summed E-state index contributed by atoms with van der Waals surface area (Å²) in [6, 6.07) is 4.85. The molecule has 6 heteroatoms. The smallest absolute Gasteiger partial charge is 0.243 e. The Morgan fingerprint density at radius 3 is 2.35 bits per heavy atom. The van der Waals surface area contributed by atoms with E-state index in [1.807, 2.05) is 26.0 Å². The molecular weight excluding hydrogens is 312 g/mol. The fraction of sp³-hybridized carbons (Fsp3) is 0.588. The Hall–Kier alpha value is -1.56. The van der Waals surface area contributed by atoms with Gasteiger partial charge in [0.05, 0.1) is 11.9 Å². The number of rotatable bonds is 5. The van der Waals surface area contributed by atoms with Crippen LogP contribution in [0.15, 0.2) is 18.2 Å². The fourth-order valence-corrected chi connectivity index (χ4v) is 4.23. The average molecular weight is 338 g/mol. The Bertz CT molecular complexity index is 679. The van der Waals surface area contributed by atoms with Crippen LogP contribution in [0, 0.1) is 13.8 Å². The number of carbonyl (C=O) groups is 1. The Labute approximate surface area is 139 Å². The van der Waals surface area contributed by atoms with E-state index in [9.17, 15) is 13.2 Å². The highest BCUT2D eigenvalue weighted by Crippen LogP contribution is 2.24. The van der Waals surface area contributed by atoms with Crippen LogP contribution < -0.4 is 9.62 Å². The number of hydrogen-bond donors (Lipinski definition) is 1. The van der Waals surface area contributed by atoms with Crippen molar-refractivity contribution in [3.63, 3.8) is 0 Å². The van der Waals surface area contributed by atoms with Gasteiger partial charge in [-0.3, -0.25) is 9.10 Å². The van der Waals surface area contributed by atoms with E-state index in [0.29, 0.717) is 5.69 Å². The Morgan fingerprint density at radius 2 is 1.83 bits per heavy atom. The molecule has 1 aliphatic rings. The molecule has 1 saturated carbocycles. The molecule has 1 aromatic rings. The van der Waals surface area contributed by atoms with Gasteiger partial charge in [0, 0.05) is 6.04 Å². The van der Waals surface area contributed by atoms with Gasteiger partial charge < -0.3 is 5.32 Å². The number of nitrogens with one attached hydrogen (secondary N) is 1. The minimum absolute atomic E-state index is 0.172. The summed E-state index contributed by atoms with van der Waals surface area (Å²) in [6.07, 6.45) is 5.32. The molecule has 0 unspecified atom stereocenters. The van der Waals surface area contributed by atoms with Gasteiger partial charge in [-0.05, 0) is 56.9 Å². The number of benzene rings is 1. The molecule has 1 fully saturated rings. The number of aryl methyl sites for hydroxylation is 2. The van der Waals surface area contributed by atoms with Gasteiger partial charge in [0.25, 0.3) is 0 Å². The fourth-order valence-electron chi connectivity index (χ4n) is 3.06. The Balaban J connectivity index is 2.27. The molecule has 5 nitrogen and oxygen atoms in total. The molecule has 0 radical (unpaired) electrons. The molecule has 0 bridgehead atoms. The van der Waals surface area contributed by atoms with E-state index in [1.165, 1.54) is 4.31 Å². The lowest BCUT2D eigenvalue weighted by Crippen LogP contribution is -2.50. The SMILES string of the molecule is Cc1ccc(N([C@@H](C)C(=O)NC2CCCC2)S(C)(=O)=O)cc1C. The number of sulfonamides is 1. The van der Waals surface area contributed by atoms with Crippen molar-refractivity contribution in [1.29, 1.82) is 0 Å². The van der Waals surface area contributed by atoms with Crippen molar-refractivity contribution in [1.82, 2.24) is 5.32 Å². The summed E-state index contributed by atoms with van der Waals surface area (Å²) in [7, 11) is -3.55. The summed E-state index contributed by atoms with van der Waals surface area (Å²) >= 11 is 0. The Morgan fingerprint density at radius 1 is 1.22 bits per heavy atom. The molecule has 0 aliphatic heterocycles. The van der Waals surface area contributed by atoms with E-state index in [1.54, 1.807) is 13.0 Å². The first-order chi connectivity index (χ1) is 10.7. The quantitative estimate of drug-likeness (QED) is 0.897. The number of amides is 1. The maximum atomic E-state index is 12.5. The van der Waals surface area contributed by atoms with E-state index in [4.69, 9.17) is 0 Å². The summed E-state index contributed by atoms with van der Waals surface area (Å²) < 4.78 is 25.7. The molecule has 1 amide bonds. The van der Waals surface area contributed by atoms with Crippen LogP contribution in [0.3, 0.4) is 0 Å². The molecule has 23 heavy (non-hydrogen) atoms. The molecular formula is C17H26N2O3S. The zero-order chi connectivity index (χ0) is 17.2.